The van der Waals surface area contributed by atoms with Crippen LogP contribution in [0.3, 0.4) is 0 Å². The van der Waals surface area contributed by atoms with Gasteiger partial charge in [-0.2, -0.15) is 18.2 Å². The molecule has 1 aliphatic heterocycles. The molecule has 0 unspecified atom stereocenters. The van der Waals surface area contributed by atoms with E-state index in [9.17, 15) is 13.2 Å². The van der Waals surface area contributed by atoms with Crippen molar-refractivity contribution in [3.63, 3.8) is 0 Å². The molecule has 0 spiro atoms. The fourth-order valence-corrected chi connectivity index (χ4v) is 3.50. The summed E-state index contributed by atoms with van der Waals surface area (Å²) in [5.41, 5.74) is 1.22. The second kappa shape index (κ2) is 7.51. The number of ether oxygens (including phenoxy) is 1. The normalized spacial score (nSPS) is 15.3. The number of halogens is 3. The highest BCUT2D eigenvalue weighted by Gasteiger charge is 2.35. The number of hydrogen-bond acceptors (Lipinski definition) is 5. The van der Waals surface area contributed by atoms with Crippen LogP contribution in [0.1, 0.15) is 18.1 Å². The molecule has 0 aliphatic carbocycles. The Balaban J connectivity index is 1.54. The van der Waals surface area contributed by atoms with Gasteiger partial charge in [0.25, 0.3) is 5.89 Å². The quantitative estimate of drug-likeness (QED) is 0.608. The summed E-state index contributed by atoms with van der Waals surface area (Å²) in [7, 11) is 1.20. The lowest BCUT2D eigenvalue weighted by Gasteiger charge is -2.37. The molecule has 0 saturated carbocycles. The van der Waals surface area contributed by atoms with Crippen molar-refractivity contribution in [2.45, 2.75) is 19.6 Å². The van der Waals surface area contributed by atoms with E-state index < -0.39 is 11.7 Å². The Labute approximate surface area is 166 Å². The summed E-state index contributed by atoms with van der Waals surface area (Å²) in [6.07, 6.45) is -4.55. The van der Waals surface area contributed by atoms with Crippen LogP contribution in [0, 0.1) is 5.92 Å². The minimum Gasteiger partial charge on any atom is -0.496 e. The third-order valence-corrected chi connectivity index (χ3v) is 4.94. The van der Waals surface area contributed by atoms with Crippen LogP contribution >= 0.6 is 0 Å². The molecule has 0 N–H and O–H groups in total. The first kappa shape index (κ1) is 19.4. The largest absolute Gasteiger partial charge is 0.496 e. The minimum absolute atomic E-state index is 0.0202. The van der Waals surface area contributed by atoms with Gasteiger partial charge in [0.1, 0.15) is 5.75 Å². The second-order valence-corrected chi connectivity index (χ2v) is 7.33. The van der Waals surface area contributed by atoms with Crippen molar-refractivity contribution in [2.24, 2.45) is 5.92 Å². The number of hydrogen-bond donors (Lipinski definition) is 0. The van der Waals surface area contributed by atoms with E-state index in [1.165, 1.54) is 24.8 Å². The van der Waals surface area contributed by atoms with E-state index in [2.05, 4.69) is 22.0 Å². The molecule has 2 aromatic carbocycles. The Hall–Kier alpha value is -2.87. The SMILES string of the molecule is COc1ccc(-c2nc(-c3ccc(CN4CC(C)C4)cc3)no2)cc1C(F)(F)F. The van der Waals surface area contributed by atoms with Gasteiger partial charge in [0, 0.05) is 30.8 Å². The molecule has 4 rings (SSSR count). The average Bonchev–Trinajstić information content (AvgIpc) is 3.16. The van der Waals surface area contributed by atoms with Crippen LogP contribution < -0.4 is 4.74 Å². The van der Waals surface area contributed by atoms with E-state index in [1.54, 1.807) is 0 Å². The zero-order chi connectivity index (χ0) is 20.6. The van der Waals surface area contributed by atoms with Gasteiger partial charge in [-0.3, -0.25) is 4.90 Å². The molecule has 0 amide bonds. The van der Waals surface area contributed by atoms with Crippen molar-refractivity contribution in [2.75, 3.05) is 20.2 Å². The highest BCUT2D eigenvalue weighted by Crippen LogP contribution is 2.38. The Morgan fingerprint density at radius 3 is 2.41 bits per heavy atom. The van der Waals surface area contributed by atoms with Crippen LogP contribution in [0.4, 0.5) is 13.2 Å². The zero-order valence-electron chi connectivity index (χ0n) is 16.0. The van der Waals surface area contributed by atoms with Crippen molar-refractivity contribution >= 4 is 0 Å². The molecule has 0 atom stereocenters. The minimum atomic E-state index is -4.55. The van der Waals surface area contributed by atoms with E-state index >= 15 is 0 Å². The van der Waals surface area contributed by atoms with Crippen molar-refractivity contribution in [1.29, 1.82) is 0 Å². The fraction of sp³-hybridized carbons (Fsp3) is 0.333. The number of likely N-dealkylation sites (tertiary alicyclic amines) is 1. The van der Waals surface area contributed by atoms with Crippen molar-refractivity contribution < 1.29 is 22.4 Å². The van der Waals surface area contributed by atoms with Crippen LogP contribution in [-0.2, 0) is 12.7 Å². The molecule has 2 heterocycles. The number of alkyl halides is 3. The molecular weight excluding hydrogens is 383 g/mol. The second-order valence-electron chi connectivity index (χ2n) is 7.33. The molecule has 1 aromatic heterocycles. The molecule has 0 radical (unpaired) electrons. The smallest absolute Gasteiger partial charge is 0.419 e. The topological polar surface area (TPSA) is 51.4 Å². The number of nitrogens with zero attached hydrogens (tertiary/aromatic N) is 3. The third kappa shape index (κ3) is 4.12. The van der Waals surface area contributed by atoms with Crippen molar-refractivity contribution in [3.8, 4) is 28.6 Å². The standard InChI is InChI=1S/C21H20F3N3O2/c1-13-10-27(11-13)12-14-3-5-15(6-4-14)19-25-20(29-26-19)16-7-8-18(28-2)17(9-16)21(22,23)24/h3-9,13H,10-12H2,1-2H3. The molecule has 29 heavy (non-hydrogen) atoms. The van der Waals surface area contributed by atoms with Crippen molar-refractivity contribution in [3.05, 3.63) is 53.6 Å². The highest BCUT2D eigenvalue weighted by atomic mass is 19.4. The Kier molecular flexibility index (Phi) is 5.04. The summed E-state index contributed by atoms with van der Waals surface area (Å²) in [4.78, 5) is 6.63. The van der Waals surface area contributed by atoms with Gasteiger partial charge in [0.15, 0.2) is 0 Å². The number of methoxy groups -OCH3 is 1. The van der Waals surface area contributed by atoms with Crippen LogP contribution in [0.15, 0.2) is 47.0 Å². The summed E-state index contributed by atoms with van der Waals surface area (Å²) in [5, 5.41) is 3.92. The highest BCUT2D eigenvalue weighted by molar-refractivity contribution is 5.62. The summed E-state index contributed by atoms with van der Waals surface area (Å²) in [6, 6.07) is 11.4. The Bertz CT molecular complexity index is 993. The average molecular weight is 403 g/mol. The van der Waals surface area contributed by atoms with E-state index in [0.29, 0.717) is 5.82 Å². The van der Waals surface area contributed by atoms with Gasteiger partial charge >= 0.3 is 6.18 Å². The predicted molar refractivity (Wildman–Crippen MR) is 101 cm³/mol. The first-order valence-corrected chi connectivity index (χ1v) is 9.24. The van der Waals surface area contributed by atoms with Gasteiger partial charge in [-0.15, -0.1) is 0 Å². The molecule has 1 saturated heterocycles. The zero-order valence-corrected chi connectivity index (χ0v) is 16.0. The number of rotatable bonds is 5. The van der Waals surface area contributed by atoms with Crippen LogP contribution in [0.25, 0.3) is 22.8 Å². The van der Waals surface area contributed by atoms with Crippen LogP contribution in [0.2, 0.25) is 0 Å². The van der Waals surface area contributed by atoms with Crippen molar-refractivity contribution in [1.82, 2.24) is 15.0 Å². The molecular formula is C21H20F3N3O2. The first-order valence-electron chi connectivity index (χ1n) is 9.24. The number of aromatic nitrogens is 2. The third-order valence-electron chi connectivity index (χ3n) is 4.94. The van der Waals surface area contributed by atoms with Gasteiger partial charge < -0.3 is 9.26 Å². The lowest BCUT2D eigenvalue weighted by Crippen LogP contribution is -2.44. The lowest BCUT2D eigenvalue weighted by atomic mass is 10.0. The number of benzene rings is 2. The van der Waals surface area contributed by atoms with Gasteiger partial charge in [0.2, 0.25) is 5.82 Å². The van der Waals surface area contributed by atoms with Gasteiger partial charge in [-0.25, -0.2) is 0 Å². The van der Waals surface area contributed by atoms with Gasteiger partial charge in [0.05, 0.1) is 12.7 Å². The van der Waals surface area contributed by atoms with E-state index in [4.69, 9.17) is 9.26 Å². The molecule has 8 heteroatoms. The predicted octanol–water partition coefficient (Wildman–Crippen LogP) is 4.88. The molecule has 3 aromatic rings. The molecule has 152 valence electrons. The van der Waals surface area contributed by atoms with Crippen LogP contribution in [-0.4, -0.2) is 35.2 Å². The van der Waals surface area contributed by atoms with Crippen LogP contribution in [0.5, 0.6) is 5.75 Å². The van der Waals surface area contributed by atoms with E-state index in [1.807, 2.05) is 24.3 Å². The van der Waals surface area contributed by atoms with E-state index in [0.717, 1.165) is 37.2 Å². The van der Waals surface area contributed by atoms with Gasteiger partial charge in [-0.05, 0) is 29.7 Å². The monoisotopic (exact) mass is 403 g/mol. The lowest BCUT2D eigenvalue weighted by molar-refractivity contribution is -0.138. The molecule has 1 fully saturated rings. The Morgan fingerprint density at radius 1 is 1.10 bits per heavy atom. The molecule has 1 aliphatic rings. The van der Waals surface area contributed by atoms with E-state index in [-0.39, 0.29) is 17.2 Å². The van der Waals surface area contributed by atoms with Gasteiger partial charge in [-0.1, -0.05) is 36.3 Å². The first-order chi connectivity index (χ1) is 13.8. The summed E-state index contributed by atoms with van der Waals surface area (Å²) < 4.78 is 49.7. The maximum absolute atomic E-state index is 13.2. The molecule has 5 nitrogen and oxygen atoms in total. The summed E-state index contributed by atoms with van der Waals surface area (Å²) >= 11 is 0. The maximum Gasteiger partial charge on any atom is 0.419 e. The maximum atomic E-state index is 13.2. The molecule has 0 bridgehead atoms. The summed E-state index contributed by atoms with van der Waals surface area (Å²) in [5.74, 6) is 0.844. The summed E-state index contributed by atoms with van der Waals surface area (Å²) in [6.45, 7) is 5.34. The Morgan fingerprint density at radius 2 is 1.79 bits per heavy atom. The fourth-order valence-electron chi connectivity index (χ4n) is 3.50.